The molecule has 0 aliphatic heterocycles. The first-order valence-electron chi connectivity index (χ1n) is 2.31. The summed E-state index contributed by atoms with van der Waals surface area (Å²) in [6.45, 7) is 7.49. The van der Waals surface area contributed by atoms with E-state index in [0.717, 1.165) is 0 Å². The van der Waals surface area contributed by atoms with Gasteiger partial charge in [-0.05, 0) is 13.8 Å². The van der Waals surface area contributed by atoms with Crippen molar-refractivity contribution in [3.8, 4) is 0 Å². The Morgan fingerprint density at radius 2 is 2.00 bits per heavy atom. The van der Waals surface area contributed by atoms with Crippen molar-refractivity contribution in [3.05, 3.63) is 12.7 Å². The summed E-state index contributed by atoms with van der Waals surface area (Å²) >= 11 is 0. The van der Waals surface area contributed by atoms with E-state index in [4.69, 9.17) is 4.74 Å². The fraction of sp³-hybridized carbons (Fsp3) is 0.667. The van der Waals surface area contributed by atoms with Crippen LogP contribution in [0.2, 0.25) is 0 Å². The Hall–Kier alpha value is -0.300. The molecule has 0 aromatic rings. The van der Waals surface area contributed by atoms with Crippen molar-refractivity contribution in [1.29, 1.82) is 0 Å². The van der Waals surface area contributed by atoms with Gasteiger partial charge < -0.3 is 4.74 Å². The third-order valence-electron chi connectivity index (χ3n) is 1.02. The summed E-state index contributed by atoms with van der Waals surface area (Å²) in [6.07, 6.45) is 1.77. The molecule has 7 heavy (non-hydrogen) atoms. The Balaban J connectivity index is 3.58. The lowest BCUT2D eigenvalue weighted by atomic mass is 10.1. The summed E-state index contributed by atoms with van der Waals surface area (Å²) in [5.74, 6) is 0. The second kappa shape index (κ2) is 2.12. The van der Waals surface area contributed by atoms with Crippen molar-refractivity contribution in [2.24, 2.45) is 0 Å². The Kier molecular flexibility index (Phi) is 2.03. The molecule has 0 aliphatic rings. The maximum Gasteiger partial charge on any atom is 0.0800 e. The van der Waals surface area contributed by atoms with E-state index in [0.29, 0.717) is 0 Å². The lowest BCUT2D eigenvalue weighted by Gasteiger charge is -2.15. The molecule has 0 spiro atoms. The normalized spacial score (nSPS) is 11.3. The van der Waals surface area contributed by atoms with Crippen LogP contribution in [0.4, 0.5) is 0 Å². The first-order valence-corrected chi connectivity index (χ1v) is 2.31. The number of methoxy groups -OCH3 is 1. The number of rotatable bonds is 2. The zero-order valence-electron chi connectivity index (χ0n) is 5.19. The summed E-state index contributed by atoms with van der Waals surface area (Å²) < 4.78 is 4.97. The highest BCUT2D eigenvalue weighted by Crippen LogP contribution is 2.05. The van der Waals surface area contributed by atoms with Crippen molar-refractivity contribution in [1.82, 2.24) is 0 Å². The summed E-state index contributed by atoms with van der Waals surface area (Å²) in [4.78, 5) is 0. The molecule has 0 rings (SSSR count). The average Bonchev–Trinajstić information content (AvgIpc) is 1.68. The Morgan fingerprint density at radius 3 is 2.00 bits per heavy atom. The molecule has 0 unspecified atom stereocenters. The molecule has 0 aliphatic carbocycles. The predicted octanol–water partition coefficient (Wildman–Crippen LogP) is 1.60. The van der Waals surface area contributed by atoms with Gasteiger partial charge in [-0.25, -0.2) is 0 Å². The standard InChI is InChI=1S/C6H12O/c1-5-6(2,3)7-4/h5H,1H2,2-4H3. The molecule has 0 N–H and O–H groups in total. The average molecular weight is 100 g/mol. The molecule has 0 saturated heterocycles. The van der Waals surface area contributed by atoms with E-state index in [9.17, 15) is 0 Å². The van der Waals surface area contributed by atoms with Gasteiger partial charge in [-0.1, -0.05) is 6.08 Å². The quantitative estimate of drug-likeness (QED) is 0.479. The van der Waals surface area contributed by atoms with Gasteiger partial charge in [0, 0.05) is 7.11 Å². The Bertz CT molecular complexity index is 64.6. The van der Waals surface area contributed by atoms with Crippen LogP contribution in [-0.4, -0.2) is 12.7 Å². The van der Waals surface area contributed by atoms with E-state index in [2.05, 4.69) is 6.58 Å². The molecule has 1 nitrogen and oxygen atoms in total. The molecule has 1 heteroatoms. The van der Waals surface area contributed by atoms with Crippen LogP contribution >= 0.6 is 0 Å². The molecular weight excluding hydrogens is 88.1 g/mol. The minimum absolute atomic E-state index is 0.153. The molecule has 0 amide bonds. The molecule has 0 saturated carbocycles. The maximum absolute atomic E-state index is 4.97. The summed E-state index contributed by atoms with van der Waals surface area (Å²) in [7, 11) is 1.67. The van der Waals surface area contributed by atoms with Crippen molar-refractivity contribution in [2.75, 3.05) is 7.11 Å². The van der Waals surface area contributed by atoms with Crippen LogP contribution in [0.3, 0.4) is 0 Å². The highest BCUT2D eigenvalue weighted by atomic mass is 16.5. The van der Waals surface area contributed by atoms with Gasteiger partial charge in [0.25, 0.3) is 0 Å². The second-order valence-electron chi connectivity index (χ2n) is 2.01. The second-order valence-corrected chi connectivity index (χ2v) is 2.01. The van der Waals surface area contributed by atoms with Gasteiger partial charge in [0.15, 0.2) is 0 Å². The van der Waals surface area contributed by atoms with Gasteiger partial charge in [-0.15, -0.1) is 6.58 Å². The van der Waals surface area contributed by atoms with Crippen LogP contribution in [0.5, 0.6) is 0 Å². The van der Waals surface area contributed by atoms with E-state index in [1.54, 1.807) is 13.2 Å². The van der Waals surface area contributed by atoms with Crippen LogP contribution in [-0.2, 0) is 4.74 Å². The van der Waals surface area contributed by atoms with E-state index < -0.39 is 0 Å². The third kappa shape index (κ3) is 2.40. The third-order valence-corrected chi connectivity index (χ3v) is 1.02. The number of hydrogen-bond donors (Lipinski definition) is 0. The number of ether oxygens (including phenoxy) is 1. The van der Waals surface area contributed by atoms with Gasteiger partial charge in [0.05, 0.1) is 5.60 Å². The van der Waals surface area contributed by atoms with Crippen molar-refractivity contribution >= 4 is 0 Å². The fourth-order valence-corrected chi connectivity index (χ4v) is 0.0833. The van der Waals surface area contributed by atoms with Crippen LogP contribution in [0.25, 0.3) is 0 Å². The molecule has 0 aromatic heterocycles. The minimum Gasteiger partial charge on any atom is -0.375 e. The SMILES string of the molecule is C=CC(C)(C)OC. The molecule has 0 heterocycles. The van der Waals surface area contributed by atoms with Crippen LogP contribution in [0.15, 0.2) is 12.7 Å². The fourth-order valence-electron chi connectivity index (χ4n) is 0.0833. The van der Waals surface area contributed by atoms with Gasteiger partial charge in [0.1, 0.15) is 0 Å². The molecule has 0 atom stereocenters. The van der Waals surface area contributed by atoms with Gasteiger partial charge in [0.2, 0.25) is 0 Å². The van der Waals surface area contributed by atoms with E-state index >= 15 is 0 Å². The molecule has 0 aromatic carbocycles. The number of hydrogen-bond acceptors (Lipinski definition) is 1. The summed E-state index contributed by atoms with van der Waals surface area (Å²) in [5.41, 5.74) is -0.153. The van der Waals surface area contributed by atoms with Crippen LogP contribution < -0.4 is 0 Å². The van der Waals surface area contributed by atoms with Crippen LogP contribution in [0, 0.1) is 0 Å². The summed E-state index contributed by atoms with van der Waals surface area (Å²) in [5, 5.41) is 0. The van der Waals surface area contributed by atoms with Crippen LogP contribution in [0.1, 0.15) is 13.8 Å². The molecule has 0 radical (unpaired) electrons. The highest BCUT2D eigenvalue weighted by molar-refractivity contribution is 4.88. The first-order chi connectivity index (χ1) is 3.12. The Morgan fingerprint density at radius 1 is 1.57 bits per heavy atom. The smallest absolute Gasteiger partial charge is 0.0800 e. The highest BCUT2D eigenvalue weighted by Gasteiger charge is 2.07. The van der Waals surface area contributed by atoms with E-state index in [-0.39, 0.29) is 5.60 Å². The van der Waals surface area contributed by atoms with Gasteiger partial charge in [-0.3, -0.25) is 0 Å². The van der Waals surface area contributed by atoms with E-state index in [1.165, 1.54) is 0 Å². The maximum atomic E-state index is 4.97. The monoisotopic (exact) mass is 100 g/mol. The Labute approximate surface area is 45.0 Å². The van der Waals surface area contributed by atoms with E-state index in [1.807, 2.05) is 13.8 Å². The minimum atomic E-state index is -0.153. The first kappa shape index (κ1) is 6.70. The zero-order valence-corrected chi connectivity index (χ0v) is 5.19. The molecule has 0 bridgehead atoms. The topological polar surface area (TPSA) is 9.23 Å². The molecule has 0 fully saturated rings. The largest absolute Gasteiger partial charge is 0.375 e. The van der Waals surface area contributed by atoms with Crippen molar-refractivity contribution in [3.63, 3.8) is 0 Å². The van der Waals surface area contributed by atoms with Crippen molar-refractivity contribution < 1.29 is 4.74 Å². The predicted molar refractivity (Wildman–Crippen MR) is 31.3 cm³/mol. The van der Waals surface area contributed by atoms with Gasteiger partial charge >= 0.3 is 0 Å². The molecular formula is C6H12O. The lowest BCUT2D eigenvalue weighted by molar-refractivity contribution is 0.0659. The summed E-state index contributed by atoms with van der Waals surface area (Å²) in [6, 6.07) is 0. The zero-order chi connectivity index (χ0) is 5.91. The lowest BCUT2D eigenvalue weighted by Crippen LogP contribution is -2.17. The van der Waals surface area contributed by atoms with Gasteiger partial charge in [-0.2, -0.15) is 0 Å². The molecule has 42 valence electrons. The van der Waals surface area contributed by atoms with Crippen molar-refractivity contribution in [2.45, 2.75) is 19.4 Å².